The molecule has 2 N–H and O–H groups in total. The van der Waals surface area contributed by atoms with Crippen molar-refractivity contribution in [2.45, 2.75) is 12.5 Å². The summed E-state index contributed by atoms with van der Waals surface area (Å²) in [6, 6.07) is 1.62. The molecule has 0 spiro atoms. The average molecular weight is 217 g/mol. The SMILES string of the molecule is C=CCC(N)c1cnc(Cl)c(Cl)c1. The molecule has 1 rings (SSSR count). The van der Waals surface area contributed by atoms with Gasteiger partial charge in [-0.1, -0.05) is 29.3 Å². The average Bonchev–Trinajstić information content (AvgIpc) is 2.10. The lowest BCUT2D eigenvalue weighted by Crippen LogP contribution is -2.09. The van der Waals surface area contributed by atoms with Crippen molar-refractivity contribution in [1.82, 2.24) is 4.98 Å². The molecule has 1 heterocycles. The van der Waals surface area contributed by atoms with Gasteiger partial charge in [-0.2, -0.15) is 0 Å². The Morgan fingerprint density at radius 3 is 2.85 bits per heavy atom. The standard InChI is InChI=1S/C9H10Cl2N2/c1-2-3-8(12)6-4-7(10)9(11)13-5-6/h2,4-5,8H,1,3,12H2. The summed E-state index contributed by atoms with van der Waals surface area (Å²) in [5.74, 6) is 0. The van der Waals surface area contributed by atoms with Gasteiger partial charge in [0.05, 0.1) is 5.02 Å². The summed E-state index contributed by atoms with van der Waals surface area (Å²) in [7, 11) is 0. The Kier molecular flexibility index (Phi) is 3.72. The molecule has 0 aliphatic carbocycles. The van der Waals surface area contributed by atoms with Crippen LogP contribution >= 0.6 is 23.2 Å². The van der Waals surface area contributed by atoms with Crippen LogP contribution in [0, 0.1) is 0 Å². The van der Waals surface area contributed by atoms with Crippen molar-refractivity contribution in [1.29, 1.82) is 0 Å². The highest BCUT2D eigenvalue weighted by atomic mass is 35.5. The molecule has 0 amide bonds. The summed E-state index contributed by atoms with van der Waals surface area (Å²) < 4.78 is 0. The summed E-state index contributed by atoms with van der Waals surface area (Å²) in [5, 5.41) is 0.731. The summed E-state index contributed by atoms with van der Waals surface area (Å²) in [4.78, 5) is 3.90. The number of nitrogens with two attached hydrogens (primary N) is 1. The molecule has 1 atom stereocenters. The van der Waals surface area contributed by atoms with Crippen molar-refractivity contribution in [3.05, 3.63) is 40.7 Å². The highest BCUT2D eigenvalue weighted by molar-refractivity contribution is 6.41. The van der Waals surface area contributed by atoms with Crippen molar-refractivity contribution in [3.63, 3.8) is 0 Å². The minimum absolute atomic E-state index is 0.111. The van der Waals surface area contributed by atoms with Crippen LogP contribution in [0.2, 0.25) is 10.2 Å². The van der Waals surface area contributed by atoms with Gasteiger partial charge in [0.15, 0.2) is 0 Å². The molecule has 1 aromatic rings. The van der Waals surface area contributed by atoms with E-state index in [1.54, 1.807) is 18.3 Å². The predicted molar refractivity (Wildman–Crippen MR) is 56.0 cm³/mol. The molecule has 0 saturated heterocycles. The summed E-state index contributed by atoms with van der Waals surface area (Å²) >= 11 is 11.4. The minimum atomic E-state index is -0.111. The Morgan fingerprint density at radius 2 is 2.31 bits per heavy atom. The van der Waals surface area contributed by atoms with Gasteiger partial charge >= 0.3 is 0 Å². The first-order chi connectivity index (χ1) is 6.15. The summed E-state index contributed by atoms with van der Waals surface area (Å²) in [6.45, 7) is 3.61. The van der Waals surface area contributed by atoms with Crippen LogP contribution in [0.3, 0.4) is 0 Å². The third-order valence-corrected chi connectivity index (χ3v) is 2.35. The second-order valence-corrected chi connectivity index (χ2v) is 3.44. The van der Waals surface area contributed by atoms with E-state index in [1.165, 1.54) is 0 Å². The third kappa shape index (κ3) is 2.69. The van der Waals surface area contributed by atoms with Crippen LogP contribution in [0.25, 0.3) is 0 Å². The van der Waals surface area contributed by atoms with Crippen LogP contribution in [-0.4, -0.2) is 4.98 Å². The second kappa shape index (κ2) is 4.61. The predicted octanol–water partition coefficient (Wildman–Crippen LogP) is 2.96. The monoisotopic (exact) mass is 216 g/mol. The van der Waals surface area contributed by atoms with E-state index >= 15 is 0 Å². The van der Waals surface area contributed by atoms with Gasteiger partial charge in [0.1, 0.15) is 5.15 Å². The van der Waals surface area contributed by atoms with Crippen molar-refractivity contribution in [2.24, 2.45) is 5.73 Å². The van der Waals surface area contributed by atoms with Crippen LogP contribution in [0.4, 0.5) is 0 Å². The Balaban J connectivity index is 2.89. The number of rotatable bonds is 3. The van der Waals surface area contributed by atoms with Gasteiger partial charge in [0.25, 0.3) is 0 Å². The maximum Gasteiger partial charge on any atom is 0.147 e. The van der Waals surface area contributed by atoms with Gasteiger partial charge < -0.3 is 5.73 Å². The quantitative estimate of drug-likeness (QED) is 0.624. The number of nitrogens with zero attached hydrogens (tertiary/aromatic N) is 1. The van der Waals surface area contributed by atoms with E-state index < -0.39 is 0 Å². The van der Waals surface area contributed by atoms with Gasteiger partial charge in [0, 0.05) is 12.2 Å². The van der Waals surface area contributed by atoms with Gasteiger partial charge in [-0.05, 0) is 18.1 Å². The molecule has 0 aliphatic rings. The molecular formula is C9H10Cl2N2. The molecule has 0 saturated carbocycles. The molecule has 0 bridgehead atoms. The molecule has 1 unspecified atom stereocenters. The van der Waals surface area contributed by atoms with Crippen molar-refractivity contribution < 1.29 is 0 Å². The second-order valence-electron chi connectivity index (χ2n) is 2.67. The van der Waals surface area contributed by atoms with Crippen molar-refractivity contribution in [2.75, 3.05) is 0 Å². The highest BCUT2D eigenvalue weighted by Crippen LogP contribution is 2.23. The van der Waals surface area contributed by atoms with E-state index in [0.29, 0.717) is 16.6 Å². The van der Waals surface area contributed by atoms with E-state index in [9.17, 15) is 0 Å². The zero-order valence-electron chi connectivity index (χ0n) is 7.00. The first-order valence-electron chi connectivity index (χ1n) is 3.82. The fraction of sp³-hybridized carbons (Fsp3) is 0.222. The molecule has 4 heteroatoms. The Morgan fingerprint density at radius 1 is 1.62 bits per heavy atom. The Labute approximate surface area is 87.4 Å². The zero-order valence-corrected chi connectivity index (χ0v) is 8.52. The lowest BCUT2D eigenvalue weighted by Gasteiger charge is -2.09. The lowest BCUT2D eigenvalue weighted by molar-refractivity contribution is 0.737. The lowest BCUT2D eigenvalue weighted by atomic mass is 10.1. The topological polar surface area (TPSA) is 38.9 Å². The molecule has 0 aromatic carbocycles. The molecule has 70 valence electrons. The molecule has 0 radical (unpaired) electrons. The number of halogens is 2. The fourth-order valence-corrected chi connectivity index (χ4v) is 1.23. The third-order valence-electron chi connectivity index (χ3n) is 1.67. The first-order valence-corrected chi connectivity index (χ1v) is 4.58. The zero-order chi connectivity index (χ0) is 9.84. The number of pyridine rings is 1. The first kappa shape index (κ1) is 10.5. The van der Waals surface area contributed by atoms with Crippen LogP contribution in [0.5, 0.6) is 0 Å². The largest absolute Gasteiger partial charge is 0.324 e. The fourth-order valence-electron chi connectivity index (χ4n) is 0.954. The van der Waals surface area contributed by atoms with E-state index in [4.69, 9.17) is 28.9 Å². The maximum absolute atomic E-state index is 5.81. The van der Waals surface area contributed by atoms with Crippen molar-refractivity contribution in [3.8, 4) is 0 Å². The number of aromatic nitrogens is 1. The van der Waals surface area contributed by atoms with Crippen LogP contribution in [0.1, 0.15) is 18.0 Å². The number of hydrogen-bond donors (Lipinski definition) is 1. The van der Waals surface area contributed by atoms with Crippen LogP contribution in [0.15, 0.2) is 24.9 Å². The van der Waals surface area contributed by atoms with E-state index in [0.717, 1.165) is 5.56 Å². The summed E-state index contributed by atoms with van der Waals surface area (Å²) in [5.41, 5.74) is 6.68. The normalized spacial score (nSPS) is 12.5. The maximum atomic E-state index is 5.81. The van der Waals surface area contributed by atoms with Gasteiger partial charge in [-0.25, -0.2) is 4.98 Å². The molecule has 0 fully saturated rings. The van der Waals surface area contributed by atoms with Gasteiger partial charge in [-0.3, -0.25) is 0 Å². The number of hydrogen-bond acceptors (Lipinski definition) is 2. The van der Waals surface area contributed by atoms with Crippen LogP contribution in [-0.2, 0) is 0 Å². The van der Waals surface area contributed by atoms with Crippen molar-refractivity contribution >= 4 is 23.2 Å². The van der Waals surface area contributed by atoms with Gasteiger partial charge in [0.2, 0.25) is 0 Å². The van der Waals surface area contributed by atoms with Crippen LogP contribution < -0.4 is 5.73 Å². The Hall–Kier alpha value is -0.570. The molecular weight excluding hydrogens is 207 g/mol. The molecule has 0 aliphatic heterocycles. The minimum Gasteiger partial charge on any atom is -0.324 e. The van der Waals surface area contributed by atoms with E-state index in [2.05, 4.69) is 11.6 Å². The van der Waals surface area contributed by atoms with E-state index in [1.807, 2.05) is 0 Å². The molecule has 2 nitrogen and oxygen atoms in total. The molecule has 1 aromatic heterocycles. The Bertz CT molecular complexity index is 312. The highest BCUT2D eigenvalue weighted by Gasteiger charge is 2.06. The molecule has 13 heavy (non-hydrogen) atoms. The van der Waals surface area contributed by atoms with Gasteiger partial charge in [-0.15, -0.1) is 6.58 Å². The smallest absolute Gasteiger partial charge is 0.147 e. The summed E-state index contributed by atoms with van der Waals surface area (Å²) in [6.07, 6.45) is 4.08. The van der Waals surface area contributed by atoms with E-state index in [-0.39, 0.29) is 6.04 Å².